The lowest BCUT2D eigenvalue weighted by atomic mass is 9.84. The Kier molecular flexibility index (Phi) is 9.96. The van der Waals surface area contributed by atoms with Gasteiger partial charge in [-0.15, -0.1) is 24.8 Å². The predicted octanol–water partition coefficient (Wildman–Crippen LogP) is 4.83. The predicted molar refractivity (Wildman–Crippen MR) is 132 cm³/mol. The van der Waals surface area contributed by atoms with Gasteiger partial charge < -0.3 is 10.2 Å². The molecule has 0 bridgehead atoms. The zero-order chi connectivity index (χ0) is 21.0. The number of piperidine rings is 1. The van der Waals surface area contributed by atoms with Crippen LogP contribution in [0.2, 0.25) is 0 Å². The Morgan fingerprint density at radius 1 is 0.969 bits per heavy atom. The quantitative estimate of drug-likeness (QED) is 0.664. The maximum Gasteiger partial charge on any atom is 0.242 e. The van der Waals surface area contributed by atoms with Crippen LogP contribution < -0.4 is 5.32 Å². The van der Waals surface area contributed by atoms with Crippen molar-refractivity contribution in [2.45, 2.75) is 44.2 Å². The van der Waals surface area contributed by atoms with Gasteiger partial charge in [0, 0.05) is 26.2 Å². The van der Waals surface area contributed by atoms with Gasteiger partial charge in [0.15, 0.2) is 0 Å². The van der Waals surface area contributed by atoms with Crippen LogP contribution >= 0.6 is 24.8 Å². The van der Waals surface area contributed by atoms with Crippen LogP contribution in [0.3, 0.4) is 0 Å². The summed E-state index contributed by atoms with van der Waals surface area (Å²) in [5.74, 6) is 0.0493. The Morgan fingerprint density at radius 3 is 2.16 bits per heavy atom. The number of benzene rings is 2. The summed E-state index contributed by atoms with van der Waals surface area (Å²) >= 11 is 0. The van der Waals surface area contributed by atoms with Crippen molar-refractivity contribution in [2.24, 2.45) is 0 Å². The number of nitrogens with zero attached hydrogens (tertiary/aromatic N) is 2. The molecular formula is C25H34Cl2FN3O. The van der Waals surface area contributed by atoms with Gasteiger partial charge in [-0.05, 0) is 55.5 Å². The van der Waals surface area contributed by atoms with Gasteiger partial charge in [0.2, 0.25) is 5.91 Å². The van der Waals surface area contributed by atoms with Crippen molar-refractivity contribution in [3.63, 3.8) is 0 Å². The first-order valence-corrected chi connectivity index (χ1v) is 11.2. The zero-order valence-corrected chi connectivity index (χ0v) is 20.3. The molecule has 4 rings (SSSR count). The lowest BCUT2D eigenvalue weighted by molar-refractivity contribution is -0.141. The standard InChI is InChI=1S/C25H32FN3O.2ClH/c1-2-25(14-6-7-15-27-25)24(30)29-18-16-28(17-19-29)23(20-8-4-3-5-9-20)21-10-12-22(26)13-11-21;;/h3-5,8-13,23,27H,2,6-7,14-19H2,1H3;2*1H/t23?,25-;;/m0../s1. The van der Waals surface area contributed by atoms with Crippen molar-refractivity contribution in [3.8, 4) is 0 Å². The van der Waals surface area contributed by atoms with Gasteiger partial charge in [0.1, 0.15) is 5.82 Å². The third-order valence-corrected chi connectivity index (χ3v) is 6.77. The minimum Gasteiger partial charge on any atom is -0.339 e. The molecule has 0 aliphatic carbocycles. The Hall–Kier alpha value is -1.66. The van der Waals surface area contributed by atoms with Crippen molar-refractivity contribution < 1.29 is 9.18 Å². The molecule has 2 aromatic rings. The van der Waals surface area contributed by atoms with Gasteiger partial charge in [-0.25, -0.2) is 4.39 Å². The van der Waals surface area contributed by atoms with Crippen LogP contribution in [-0.2, 0) is 4.79 Å². The molecule has 4 nitrogen and oxygen atoms in total. The van der Waals surface area contributed by atoms with Crippen molar-refractivity contribution in [1.29, 1.82) is 0 Å². The maximum atomic E-state index is 13.5. The van der Waals surface area contributed by atoms with E-state index in [0.29, 0.717) is 0 Å². The zero-order valence-electron chi connectivity index (χ0n) is 18.6. The van der Waals surface area contributed by atoms with E-state index in [1.54, 1.807) is 0 Å². The van der Waals surface area contributed by atoms with Crippen molar-refractivity contribution >= 4 is 30.7 Å². The number of hydrogen-bond acceptors (Lipinski definition) is 3. The number of carbonyl (C=O) groups is 1. The monoisotopic (exact) mass is 481 g/mol. The van der Waals surface area contributed by atoms with Gasteiger partial charge in [-0.1, -0.05) is 49.4 Å². The molecule has 7 heteroatoms. The first-order chi connectivity index (χ1) is 14.6. The molecule has 2 fully saturated rings. The molecule has 2 aromatic carbocycles. The van der Waals surface area contributed by atoms with Gasteiger partial charge in [0.05, 0.1) is 11.6 Å². The topological polar surface area (TPSA) is 35.6 Å². The van der Waals surface area contributed by atoms with E-state index in [9.17, 15) is 9.18 Å². The second kappa shape index (κ2) is 12.0. The number of halogens is 3. The van der Waals surface area contributed by atoms with E-state index in [2.05, 4.69) is 29.3 Å². The highest BCUT2D eigenvalue weighted by Gasteiger charge is 2.41. The summed E-state index contributed by atoms with van der Waals surface area (Å²) < 4.78 is 13.5. The Morgan fingerprint density at radius 2 is 1.59 bits per heavy atom. The van der Waals surface area contributed by atoms with Gasteiger partial charge in [-0.2, -0.15) is 0 Å². The van der Waals surface area contributed by atoms with Gasteiger partial charge in [0.25, 0.3) is 0 Å². The molecule has 2 atom stereocenters. The maximum absolute atomic E-state index is 13.5. The molecule has 2 saturated heterocycles. The Labute approximate surface area is 203 Å². The fourth-order valence-electron chi connectivity index (χ4n) is 4.98. The molecule has 1 N–H and O–H groups in total. The van der Waals surface area contributed by atoms with Crippen LogP contribution in [0.15, 0.2) is 54.6 Å². The van der Waals surface area contributed by atoms with E-state index in [4.69, 9.17) is 0 Å². The fourth-order valence-corrected chi connectivity index (χ4v) is 4.98. The summed E-state index contributed by atoms with van der Waals surface area (Å²) in [6.45, 7) is 6.12. The molecule has 0 spiro atoms. The molecule has 2 aliphatic rings. The second-order valence-corrected chi connectivity index (χ2v) is 8.51. The average molecular weight is 482 g/mol. The summed E-state index contributed by atoms with van der Waals surface area (Å²) in [5.41, 5.74) is 1.90. The second-order valence-electron chi connectivity index (χ2n) is 8.51. The van der Waals surface area contributed by atoms with E-state index >= 15 is 0 Å². The molecule has 1 unspecified atom stereocenters. The van der Waals surface area contributed by atoms with E-state index in [1.807, 2.05) is 35.2 Å². The molecule has 0 saturated carbocycles. The minimum atomic E-state index is -0.379. The molecule has 32 heavy (non-hydrogen) atoms. The molecule has 2 heterocycles. The van der Waals surface area contributed by atoms with E-state index < -0.39 is 0 Å². The van der Waals surface area contributed by atoms with Crippen LogP contribution in [-0.4, -0.2) is 54.0 Å². The highest BCUT2D eigenvalue weighted by atomic mass is 35.5. The molecule has 1 amide bonds. The normalized spacial score (nSPS) is 22.4. The van der Waals surface area contributed by atoms with Crippen LogP contribution in [0.25, 0.3) is 0 Å². The SMILES string of the molecule is CC[C@@]1(C(=O)N2CCN(C(c3ccccc3)c3ccc(F)cc3)CC2)CCCCN1.Cl.Cl. The summed E-state index contributed by atoms with van der Waals surface area (Å²) in [7, 11) is 0. The first kappa shape index (κ1) is 26.6. The van der Waals surface area contributed by atoms with Crippen molar-refractivity contribution in [3.05, 3.63) is 71.5 Å². The summed E-state index contributed by atoms with van der Waals surface area (Å²) in [4.78, 5) is 17.8. The number of hydrogen-bond donors (Lipinski definition) is 1. The summed E-state index contributed by atoms with van der Waals surface area (Å²) in [6.07, 6.45) is 4.05. The Balaban J connectivity index is 0.00000181. The minimum absolute atomic E-state index is 0. The molecular weight excluding hydrogens is 448 g/mol. The Bertz CT molecular complexity index is 836. The highest BCUT2D eigenvalue weighted by molar-refractivity contribution is 5.86. The number of amides is 1. The van der Waals surface area contributed by atoms with Crippen LogP contribution in [0.1, 0.15) is 49.8 Å². The van der Waals surface area contributed by atoms with E-state index in [0.717, 1.165) is 64.0 Å². The lowest BCUT2D eigenvalue weighted by Crippen LogP contribution is -2.62. The van der Waals surface area contributed by atoms with Crippen molar-refractivity contribution in [2.75, 3.05) is 32.7 Å². The van der Waals surface area contributed by atoms with Gasteiger partial charge >= 0.3 is 0 Å². The molecule has 176 valence electrons. The smallest absolute Gasteiger partial charge is 0.242 e. The van der Waals surface area contributed by atoms with Crippen LogP contribution in [0.5, 0.6) is 0 Å². The van der Waals surface area contributed by atoms with E-state index in [-0.39, 0.29) is 48.1 Å². The van der Waals surface area contributed by atoms with E-state index in [1.165, 1.54) is 17.7 Å². The first-order valence-electron chi connectivity index (χ1n) is 11.2. The summed E-state index contributed by atoms with van der Waals surface area (Å²) in [6, 6.07) is 17.3. The third-order valence-electron chi connectivity index (χ3n) is 6.77. The number of rotatable bonds is 5. The highest BCUT2D eigenvalue weighted by Crippen LogP contribution is 2.31. The largest absolute Gasteiger partial charge is 0.339 e. The fraction of sp³-hybridized carbons (Fsp3) is 0.480. The molecule has 0 radical (unpaired) electrons. The number of carbonyl (C=O) groups excluding carboxylic acids is 1. The number of nitrogens with one attached hydrogen (secondary N) is 1. The number of piperazine rings is 1. The van der Waals surface area contributed by atoms with Crippen molar-refractivity contribution in [1.82, 2.24) is 15.1 Å². The van der Waals surface area contributed by atoms with Gasteiger partial charge in [-0.3, -0.25) is 9.69 Å². The summed E-state index contributed by atoms with van der Waals surface area (Å²) in [5, 5.41) is 3.53. The third kappa shape index (κ3) is 5.63. The lowest BCUT2D eigenvalue weighted by Gasteiger charge is -2.44. The molecule has 0 aromatic heterocycles. The average Bonchev–Trinajstić information content (AvgIpc) is 2.82. The van der Waals surface area contributed by atoms with Crippen LogP contribution in [0.4, 0.5) is 4.39 Å². The molecule has 2 aliphatic heterocycles. The van der Waals surface area contributed by atoms with Crippen LogP contribution in [0, 0.1) is 5.82 Å².